The second kappa shape index (κ2) is 4.65. The first kappa shape index (κ1) is 10.5. The first-order valence-electron chi connectivity index (χ1n) is 5.18. The number of nitrogens with zero attached hydrogens (tertiary/aromatic N) is 3. The van der Waals surface area contributed by atoms with Gasteiger partial charge in [-0.05, 0) is 12.1 Å². The quantitative estimate of drug-likeness (QED) is 0.803. The van der Waals surface area contributed by atoms with Crippen LogP contribution in [-0.2, 0) is 13.5 Å². The van der Waals surface area contributed by atoms with Crippen molar-refractivity contribution < 1.29 is 0 Å². The van der Waals surface area contributed by atoms with E-state index in [0.717, 1.165) is 24.3 Å². The lowest BCUT2D eigenvalue weighted by Crippen LogP contribution is -2.06. The highest BCUT2D eigenvalue weighted by Crippen LogP contribution is 2.08. The van der Waals surface area contributed by atoms with E-state index in [9.17, 15) is 0 Å². The Kier molecular flexibility index (Phi) is 3.05. The van der Waals surface area contributed by atoms with Gasteiger partial charge >= 0.3 is 0 Å². The fourth-order valence-corrected chi connectivity index (χ4v) is 1.49. The Morgan fingerprint density at radius 3 is 3.00 bits per heavy atom. The van der Waals surface area contributed by atoms with Crippen LogP contribution in [0.15, 0.2) is 30.6 Å². The summed E-state index contributed by atoms with van der Waals surface area (Å²) < 4.78 is 1.81. The van der Waals surface area contributed by atoms with Crippen LogP contribution < -0.4 is 11.1 Å². The molecule has 2 aromatic rings. The molecule has 0 aromatic carbocycles. The summed E-state index contributed by atoms with van der Waals surface area (Å²) in [5.41, 5.74) is 7.65. The average Bonchev–Trinajstić information content (AvgIpc) is 2.64. The summed E-state index contributed by atoms with van der Waals surface area (Å²) in [7, 11) is 1.92. The molecule has 0 spiro atoms. The SMILES string of the molecule is Cn1ccc(CCNc2ccnc(N)c2)n1. The molecule has 2 aromatic heterocycles. The molecule has 84 valence electrons. The minimum Gasteiger partial charge on any atom is -0.384 e. The normalized spacial score (nSPS) is 10.3. The highest BCUT2D eigenvalue weighted by Gasteiger charge is 1.97. The first-order chi connectivity index (χ1) is 7.74. The Balaban J connectivity index is 1.84. The van der Waals surface area contributed by atoms with Crippen LogP contribution in [0.4, 0.5) is 11.5 Å². The molecule has 0 radical (unpaired) electrons. The van der Waals surface area contributed by atoms with E-state index in [1.165, 1.54) is 0 Å². The summed E-state index contributed by atoms with van der Waals surface area (Å²) >= 11 is 0. The lowest BCUT2D eigenvalue weighted by Gasteiger charge is -2.04. The van der Waals surface area contributed by atoms with Gasteiger partial charge in [-0.2, -0.15) is 5.10 Å². The van der Waals surface area contributed by atoms with Gasteiger partial charge in [0.15, 0.2) is 0 Å². The van der Waals surface area contributed by atoms with Crippen molar-refractivity contribution in [2.24, 2.45) is 7.05 Å². The number of aryl methyl sites for hydroxylation is 1. The predicted molar refractivity (Wildman–Crippen MR) is 64.1 cm³/mol. The summed E-state index contributed by atoms with van der Waals surface area (Å²) in [6.07, 6.45) is 4.53. The molecule has 0 aliphatic rings. The van der Waals surface area contributed by atoms with Gasteiger partial charge in [0, 0.05) is 44.2 Å². The summed E-state index contributed by atoms with van der Waals surface area (Å²) in [4.78, 5) is 3.93. The van der Waals surface area contributed by atoms with E-state index < -0.39 is 0 Å². The first-order valence-corrected chi connectivity index (χ1v) is 5.18. The minimum absolute atomic E-state index is 0.530. The van der Waals surface area contributed by atoms with E-state index >= 15 is 0 Å². The predicted octanol–water partition coefficient (Wildman–Crippen LogP) is 1.05. The number of aromatic nitrogens is 3. The molecule has 2 heterocycles. The number of pyridine rings is 1. The Morgan fingerprint density at radius 2 is 2.31 bits per heavy atom. The number of nitrogen functional groups attached to an aromatic ring is 1. The van der Waals surface area contributed by atoms with Gasteiger partial charge in [-0.1, -0.05) is 0 Å². The monoisotopic (exact) mass is 217 g/mol. The molecule has 5 nitrogen and oxygen atoms in total. The Hall–Kier alpha value is -2.04. The van der Waals surface area contributed by atoms with Crippen molar-refractivity contribution in [3.05, 3.63) is 36.3 Å². The number of hydrogen-bond donors (Lipinski definition) is 2. The van der Waals surface area contributed by atoms with Gasteiger partial charge in [-0.25, -0.2) is 4.98 Å². The molecule has 0 aliphatic heterocycles. The highest BCUT2D eigenvalue weighted by molar-refractivity contribution is 5.49. The van der Waals surface area contributed by atoms with E-state index in [1.807, 2.05) is 31.4 Å². The molecule has 16 heavy (non-hydrogen) atoms. The molecule has 0 saturated heterocycles. The zero-order chi connectivity index (χ0) is 11.4. The van der Waals surface area contributed by atoms with Gasteiger partial charge in [0.25, 0.3) is 0 Å². The van der Waals surface area contributed by atoms with Crippen LogP contribution in [0.5, 0.6) is 0 Å². The highest BCUT2D eigenvalue weighted by atomic mass is 15.2. The lowest BCUT2D eigenvalue weighted by molar-refractivity contribution is 0.742. The zero-order valence-electron chi connectivity index (χ0n) is 9.22. The van der Waals surface area contributed by atoms with E-state index in [1.54, 1.807) is 10.9 Å². The topological polar surface area (TPSA) is 68.8 Å². The zero-order valence-corrected chi connectivity index (χ0v) is 9.22. The van der Waals surface area contributed by atoms with E-state index in [-0.39, 0.29) is 0 Å². The molecule has 2 rings (SSSR count). The molecule has 0 unspecified atom stereocenters. The molecular formula is C11H15N5. The molecule has 0 bridgehead atoms. The van der Waals surface area contributed by atoms with Crippen molar-refractivity contribution in [1.82, 2.24) is 14.8 Å². The molecule has 0 amide bonds. The van der Waals surface area contributed by atoms with Crippen LogP contribution >= 0.6 is 0 Å². The van der Waals surface area contributed by atoms with E-state index in [2.05, 4.69) is 15.4 Å². The smallest absolute Gasteiger partial charge is 0.125 e. The number of hydrogen-bond acceptors (Lipinski definition) is 4. The summed E-state index contributed by atoms with van der Waals surface area (Å²) in [6.45, 7) is 0.834. The standard InChI is InChI=1S/C11H15N5/c1-16-7-4-9(15-16)2-5-13-10-3-6-14-11(12)8-10/h3-4,6-8H,2,5H2,1H3,(H3,12,13,14). The van der Waals surface area contributed by atoms with E-state index in [4.69, 9.17) is 5.73 Å². The van der Waals surface area contributed by atoms with Crippen molar-refractivity contribution in [3.63, 3.8) is 0 Å². The van der Waals surface area contributed by atoms with Crippen LogP contribution in [0, 0.1) is 0 Å². The number of anilines is 2. The third-order valence-corrected chi connectivity index (χ3v) is 2.26. The van der Waals surface area contributed by atoms with Crippen molar-refractivity contribution in [1.29, 1.82) is 0 Å². The average molecular weight is 217 g/mol. The van der Waals surface area contributed by atoms with Crippen LogP contribution in [0.25, 0.3) is 0 Å². The Labute approximate surface area is 94.3 Å². The molecule has 3 N–H and O–H groups in total. The largest absolute Gasteiger partial charge is 0.384 e. The fourth-order valence-electron chi connectivity index (χ4n) is 1.49. The Morgan fingerprint density at radius 1 is 1.44 bits per heavy atom. The molecule has 0 saturated carbocycles. The summed E-state index contributed by atoms with van der Waals surface area (Å²) in [6, 6.07) is 5.73. The molecule has 0 atom stereocenters. The Bertz CT molecular complexity index is 463. The number of nitrogens with two attached hydrogens (primary N) is 1. The van der Waals surface area contributed by atoms with Crippen LogP contribution in [0.3, 0.4) is 0 Å². The number of rotatable bonds is 4. The summed E-state index contributed by atoms with van der Waals surface area (Å²) in [5, 5.41) is 7.57. The lowest BCUT2D eigenvalue weighted by atomic mass is 10.3. The maximum Gasteiger partial charge on any atom is 0.125 e. The molecule has 5 heteroatoms. The van der Waals surface area contributed by atoms with Gasteiger partial charge in [-0.3, -0.25) is 4.68 Å². The second-order valence-corrected chi connectivity index (χ2v) is 3.63. The van der Waals surface area contributed by atoms with Gasteiger partial charge in [0.1, 0.15) is 5.82 Å². The van der Waals surface area contributed by atoms with Crippen molar-refractivity contribution in [3.8, 4) is 0 Å². The molecular weight excluding hydrogens is 202 g/mol. The third-order valence-electron chi connectivity index (χ3n) is 2.26. The van der Waals surface area contributed by atoms with Crippen LogP contribution in [-0.4, -0.2) is 21.3 Å². The third kappa shape index (κ3) is 2.73. The molecule has 0 fully saturated rings. The number of nitrogens with one attached hydrogen (secondary N) is 1. The maximum absolute atomic E-state index is 5.58. The van der Waals surface area contributed by atoms with E-state index in [0.29, 0.717) is 5.82 Å². The van der Waals surface area contributed by atoms with Gasteiger partial charge in [0.2, 0.25) is 0 Å². The van der Waals surface area contributed by atoms with Crippen molar-refractivity contribution in [2.45, 2.75) is 6.42 Å². The van der Waals surface area contributed by atoms with Crippen LogP contribution in [0.1, 0.15) is 5.69 Å². The van der Waals surface area contributed by atoms with Gasteiger partial charge in [0.05, 0.1) is 5.69 Å². The fraction of sp³-hybridized carbons (Fsp3) is 0.273. The van der Waals surface area contributed by atoms with Crippen LogP contribution in [0.2, 0.25) is 0 Å². The second-order valence-electron chi connectivity index (χ2n) is 3.63. The molecule has 0 aliphatic carbocycles. The van der Waals surface area contributed by atoms with Gasteiger partial charge < -0.3 is 11.1 Å². The minimum atomic E-state index is 0.530. The maximum atomic E-state index is 5.58. The van der Waals surface area contributed by atoms with Crippen molar-refractivity contribution >= 4 is 11.5 Å². The summed E-state index contributed by atoms with van der Waals surface area (Å²) in [5.74, 6) is 0.530. The van der Waals surface area contributed by atoms with Gasteiger partial charge in [-0.15, -0.1) is 0 Å². The van der Waals surface area contributed by atoms with Crippen molar-refractivity contribution in [2.75, 3.05) is 17.6 Å².